The number of ether oxygens (including phenoxy) is 2. The summed E-state index contributed by atoms with van der Waals surface area (Å²) in [6.07, 6.45) is 4.63. The summed E-state index contributed by atoms with van der Waals surface area (Å²) in [6, 6.07) is 21.5. The summed E-state index contributed by atoms with van der Waals surface area (Å²) in [4.78, 5) is 16.6. The first-order valence-corrected chi connectivity index (χ1v) is 12.2. The number of nitrogens with two attached hydrogens (primary N) is 1. The Morgan fingerprint density at radius 3 is 2.31 bits per heavy atom. The molecule has 3 aromatic carbocycles. The number of urea groups is 1. The molecule has 1 heterocycles. The Hall–Kier alpha value is -4.13. The van der Waals surface area contributed by atoms with Crippen molar-refractivity contribution in [3.8, 4) is 11.5 Å². The maximum Gasteiger partial charge on any atom is 0.332 e. The van der Waals surface area contributed by atoms with Gasteiger partial charge in [-0.1, -0.05) is 67.4 Å². The fraction of sp³-hybridized carbons (Fsp3) is 0.276. The van der Waals surface area contributed by atoms with Gasteiger partial charge in [0, 0.05) is 28.2 Å². The third-order valence-electron chi connectivity index (χ3n) is 6.99. The third kappa shape index (κ3) is 4.56. The summed E-state index contributed by atoms with van der Waals surface area (Å²) < 4.78 is 11.3. The number of hydrogen-bond donors (Lipinski definition) is 2. The van der Waals surface area contributed by atoms with E-state index >= 15 is 0 Å². The van der Waals surface area contributed by atoms with Crippen LogP contribution in [0.15, 0.2) is 76.8 Å². The molecule has 0 saturated heterocycles. The molecule has 2 atom stereocenters. The van der Waals surface area contributed by atoms with Gasteiger partial charge >= 0.3 is 6.03 Å². The van der Waals surface area contributed by atoms with Crippen LogP contribution in [0.2, 0.25) is 0 Å². The second-order valence-electron chi connectivity index (χ2n) is 9.11. The molecule has 2 aliphatic rings. The van der Waals surface area contributed by atoms with Crippen LogP contribution in [0.1, 0.15) is 59.4 Å². The van der Waals surface area contributed by atoms with Gasteiger partial charge in [-0.3, -0.25) is 4.99 Å². The Morgan fingerprint density at radius 2 is 1.61 bits per heavy atom. The topological polar surface area (TPSA) is 98.3 Å². The van der Waals surface area contributed by atoms with E-state index in [4.69, 9.17) is 20.2 Å². The van der Waals surface area contributed by atoms with Gasteiger partial charge in [-0.15, -0.1) is 0 Å². The van der Waals surface area contributed by atoms with Crippen LogP contribution in [0.4, 0.5) is 4.79 Å². The Morgan fingerprint density at radius 1 is 0.944 bits per heavy atom. The van der Waals surface area contributed by atoms with E-state index in [0.29, 0.717) is 17.4 Å². The van der Waals surface area contributed by atoms with Crippen LogP contribution in [0.3, 0.4) is 0 Å². The van der Waals surface area contributed by atoms with E-state index in [0.717, 1.165) is 46.6 Å². The van der Waals surface area contributed by atoms with Crippen LogP contribution in [0.25, 0.3) is 0 Å². The molecule has 0 radical (unpaired) electrons. The zero-order valence-electron chi connectivity index (χ0n) is 20.5. The molecule has 5 rings (SSSR count). The van der Waals surface area contributed by atoms with Gasteiger partial charge < -0.3 is 15.2 Å². The summed E-state index contributed by atoms with van der Waals surface area (Å²) in [5.41, 5.74) is 14.4. The van der Waals surface area contributed by atoms with Crippen molar-refractivity contribution in [2.45, 2.75) is 37.6 Å². The fourth-order valence-corrected chi connectivity index (χ4v) is 5.29. The van der Waals surface area contributed by atoms with Crippen LogP contribution >= 0.6 is 0 Å². The van der Waals surface area contributed by atoms with Crippen molar-refractivity contribution < 1.29 is 14.3 Å². The lowest BCUT2D eigenvalue weighted by atomic mass is 9.75. The molecule has 0 bridgehead atoms. The standard InChI is InChI=1S/C29H30N4O3/c1-35-25-16-22-21-10-6-7-11-24(21)31-28(23(22)17-26(25)36-2)20-14-12-19(13-15-20)27(32-33-29(30)34)18-8-4-3-5-9-18/h3-5,8-9,12-17,21,24H,6-7,10-11H2,1-2H3,(H3,30,33,34)/t21-,24-/m1/s1. The van der Waals surface area contributed by atoms with Crippen LogP contribution in [0.5, 0.6) is 11.5 Å². The number of methoxy groups -OCH3 is 2. The van der Waals surface area contributed by atoms with Crippen molar-refractivity contribution in [3.63, 3.8) is 0 Å². The molecular formula is C29H30N4O3. The Balaban J connectivity index is 1.56. The molecular weight excluding hydrogens is 452 g/mol. The van der Waals surface area contributed by atoms with E-state index in [-0.39, 0.29) is 6.04 Å². The minimum Gasteiger partial charge on any atom is -0.493 e. The number of fused-ring (bicyclic) bond motifs is 3. The summed E-state index contributed by atoms with van der Waals surface area (Å²) in [5.74, 6) is 1.85. The van der Waals surface area contributed by atoms with Gasteiger partial charge in [0.25, 0.3) is 0 Å². The van der Waals surface area contributed by atoms with Gasteiger partial charge in [-0.05, 0) is 30.5 Å². The van der Waals surface area contributed by atoms with E-state index < -0.39 is 6.03 Å². The molecule has 0 aromatic heterocycles. The predicted molar refractivity (Wildman–Crippen MR) is 141 cm³/mol. The minimum absolute atomic E-state index is 0.264. The number of primary amides is 1. The van der Waals surface area contributed by atoms with Crippen LogP contribution in [-0.2, 0) is 0 Å². The van der Waals surface area contributed by atoms with Crippen molar-refractivity contribution >= 4 is 17.5 Å². The number of nitrogens with zero attached hydrogens (tertiary/aromatic N) is 2. The first-order chi connectivity index (χ1) is 17.6. The van der Waals surface area contributed by atoms with Crippen molar-refractivity contribution in [2.75, 3.05) is 14.2 Å². The molecule has 7 nitrogen and oxygen atoms in total. The molecule has 184 valence electrons. The predicted octanol–water partition coefficient (Wildman–Crippen LogP) is 5.00. The molecule has 0 spiro atoms. The lowest BCUT2D eigenvalue weighted by Crippen LogP contribution is -2.29. The normalized spacial score (nSPS) is 18.9. The molecule has 1 fully saturated rings. The highest BCUT2D eigenvalue weighted by molar-refractivity contribution is 6.16. The van der Waals surface area contributed by atoms with Gasteiger partial charge in [0.2, 0.25) is 0 Å². The number of nitrogens with one attached hydrogen (secondary N) is 1. The summed E-state index contributed by atoms with van der Waals surface area (Å²) in [7, 11) is 3.34. The van der Waals surface area contributed by atoms with Gasteiger partial charge in [0.05, 0.1) is 31.7 Å². The maximum absolute atomic E-state index is 11.3. The number of hydrazone groups is 1. The zero-order chi connectivity index (χ0) is 25.1. The SMILES string of the molecule is COc1cc2c(cc1OC)[C@H]1CCCC[C@H]1N=C2c1ccc(C(=NNC(N)=O)c2ccccc2)cc1. The highest BCUT2D eigenvalue weighted by atomic mass is 16.5. The number of carbonyl (C=O) groups excluding carboxylic acids is 1. The first kappa shape index (κ1) is 23.6. The molecule has 1 aliphatic heterocycles. The monoisotopic (exact) mass is 482 g/mol. The van der Waals surface area contributed by atoms with Crippen molar-refractivity contribution in [1.29, 1.82) is 0 Å². The van der Waals surface area contributed by atoms with Gasteiger partial charge in [0.1, 0.15) is 0 Å². The van der Waals surface area contributed by atoms with Crippen LogP contribution < -0.4 is 20.6 Å². The average Bonchev–Trinajstić information content (AvgIpc) is 2.92. The smallest absolute Gasteiger partial charge is 0.332 e. The van der Waals surface area contributed by atoms with Gasteiger partial charge in [0.15, 0.2) is 11.5 Å². The van der Waals surface area contributed by atoms with Crippen LogP contribution in [-0.4, -0.2) is 37.7 Å². The number of hydrogen-bond acceptors (Lipinski definition) is 5. The van der Waals surface area contributed by atoms with E-state index in [2.05, 4.69) is 34.8 Å². The number of carbonyl (C=O) groups is 1. The molecule has 7 heteroatoms. The lowest BCUT2D eigenvalue weighted by molar-refractivity contribution is 0.249. The quantitative estimate of drug-likeness (QED) is 0.382. The van der Waals surface area contributed by atoms with Crippen LogP contribution in [0, 0.1) is 0 Å². The van der Waals surface area contributed by atoms with E-state index in [1.54, 1.807) is 14.2 Å². The maximum atomic E-state index is 11.3. The summed E-state index contributed by atoms with van der Waals surface area (Å²) >= 11 is 0. The second-order valence-corrected chi connectivity index (χ2v) is 9.11. The van der Waals surface area contributed by atoms with E-state index in [9.17, 15) is 4.79 Å². The fourth-order valence-electron chi connectivity index (χ4n) is 5.29. The molecule has 3 N–H and O–H groups in total. The number of rotatable bonds is 6. The molecule has 36 heavy (non-hydrogen) atoms. The molecule has 2 amide bonds. The summed E-state index contributed by atoms with van der Waals surface area (Å²) in [6.45, 7) is 0. The van der Waals surface area contributed by atoms with Crippen molar-refractivity contribution in [2.24, 2.45) is 15.8 Å². The van der Waals surface area contributed by atoms with E-state index in [1.807, 2.05) is 42.5 Å². The van der Waals surface area contributed by atoms with Crippen molar-refractivity contribution in [3.05, 3.63) is 94.5 Å². The van der Waals surface area contributed by atoms with Gasteiger partial charge in [-0.2, -0.15) is 5.10 Å². The highest BCUT2D eigenvalue weighted by Crippen LogP contribution is 2.44. The van der Waals surface area contributed by atoms with Crippen molar-refractivity contribution in [1.82, 2.24) is 5.43 Å². The lowest BCUT2D eigenvalue weighted by Gasteiger charge is -2.35. The molecule has 0 unspecified atom stereocenters. The highest BCUT2D eigenvalue weighted by Gasteiger charge is 2.34. The second kappa shape index (κ2) is 10.2. The number of benzene rings is 3. The third-order valence-corrected chi connectivity index (χ3v) is 6.99. The summed E-state index contributed by atoms with van der Waals surface area (Å²) in [5, 5.41) is 4.27. The minimum atomic E-state index is -0.709. The Labute approximate surface area is 211 Å². The molecule has 1 aliphatic carbocycles. The molecule has 3 aromatic rings. The number of aliphatic imine (C=N–C) groups is 1. The Kier molecular flexibility index (Phi) is 6.71. The van der Waals surface area contributed by atoms with E-state index in [1.165, 1.54) is 18.4 Å². The number of amides is 2. The average molecular weight is 483 g/mol. The largest absolute Gasteiger partial charge is 0.493 e. The Bertz CT molecular complexity index is 1320. The van der Waals surface area contributed by atoms with Gasteiger partial charge in [-0.25, -0.2) is 10.2 Å². The molecule has 1 saturated carbocycles. The zero-order valence-corrected chi connectivity index (χ0v) is 20.5. The first-order valence-electron chi connectivity index (χ1n) is 12.2.